The van der Waals surface area contributed by atoms with Gasteiger partial charge in [0, 0.05) is 7.05 Å². The van der Waals surface area contributed by atoms with Gasteiger partial charge in [-0.1, -0.05) is 19.8 Å². The number of amides is 2. The molecule has 0 aromatic heterocycles. The van der Waals surface area contributed by atoms with Crippen molar-refractivity contribution in [2.45, 2.75) is 31.6 Å². The van der Waals surface area contributed by atoms with Crippen LogP contribution in [0.2, 0.25) is 0 Å². The number of imide groups is 1. The molecule has 0 fully saturated rings. The van der Waals surface area contributed by atoms with Crippen molar-refractivity contribution in [3.05, 3.63) is 0 Å². The molecule has 1 atom stereocenters. The molecule has 0 saturated heterocycles. The van der Waals surface area contributed by atoms with Gasteiger partial charge >= 0.3 is 5.37 Å². The third-order valence-corrected chi connectivity index (χ3v) is 2.33. The Morgan fingerprint density at radius 1 is 1.46 bits per heavy atom. The van der Waals surface area contributed by atoms with E-state index >= 15 is 0 Å². The minimum absolute atomic E-state index is 0.435. The van der Waals surface area contributed by atoms with Gasteiger partial charge < -0.3 is 0 Å². The fourth-order valence-electron chi connectivity index (χ4n) is 0.804. The quantitative estimate of drug-likeness (QED) is 0.419. The molecule has 1 unspecified atom stereocenters. The molecular weight excluding hydrogens is 213 g/mol. The van der Waals surface area contributed by atoms with Crippen LogP contribution in [-0.2, 0) is 4.79 Å². The van der Waals surface area contributed by atoms with Crippen molar-refractivity contribution >= 4 is 34.5 Å². The lowest BCUT2D eigenvalue weighted by atomic mass is 10.2. The summed E-state index contributed by atoms with van der Waals surface area (Å²) in [4.78, 5) is 22.7. The molecule has 0 aliphatic carbocycles. The lowest BCUT2D eigenvalue weighted by Gasteiger charge is -2.15. The van der Waals surface area contributed by atoms with Crippen LogP contribution in [0.1, 0.15) is 26.2 Å². The van der Waals surface area contributed by atoms with E-state index in [0.29, 0.717) is 6.42 Å². The maximum absolute atomic E-state index is 11.3. The molecule has 0 bridgehead atoms. The van der Waals surface area contributed by atoms with Gasteiger partial charge in [0.25, 0.3) is 0 Å². The molecule has 0 rings (SSSR count). The smallest absolute Gasteiger partial charge is 0.273 e. The zero-order valence-electron chi connectivity index (χ0n) is 7.72. The predicted molar refractivity (Wildman–Crippen MR) is 53.2 cm³/mol. The second kappa shape index (κ2) is 6.22. The molecule has 0 saturated carbocycles. The standard InChI is InChI=1S/C8H13Cl2NO2/c1-3-4-5-6(9)7(12)11(2)8(10)13/h6H,3-5H2,1-2H3. The lowest BCUT2D eigenvalue weighted by molar-refractivity contribution is -0.126. The maximum Gasteiger partial charge on any atom is 0.322 e. The minimum Gasteiger partial charge on any atom is -0.273 e. The molecule has 0 heterocycles. The Morgan fingerprint density at radius 2 is 2.00 bits per heavy atom. The van der Waals surface area contributed by atoms with Gasteiger partial charge in [-0.2, -0.15) is 0 Å². The number of carbonyl (C=O) groups is 2. The molecular formula is C8H13Cl2NO2. The molecule has 0 radical (unpaired) electrons. The van der Waals surface area contributed by atoms with Crippen LogP contribution in [-0.4, -0.2) is 28.6 Å². The van der Waals surface area contributed by atoms with Crippen molar-refractivity contribution in [3.63, 3.8) is 0 Å². The highest BCUT2D eigenvalue weighted by atomic mass is 35.5. The average Bonchev–Trinajstić information content (AvgIpc) is 2.11. The Balaban J connectivity index is 4.01. The van der Waals surface area contributed by atoms with Crippen LogP contribution in [0.5, 0.6) is 0 Å². The van der Waals surface area contributed by atoms with E-state index in [9.17, 15) is 9.59 Å². The monoisotopic (exact) mass is 225 g/mol. The zero-order chi connectivity index (χ0) is 10.4. The number of alkyl halides is 1. The second-order valence-corrected chi connectivity index (χ2v) is 3.61. The summed E-state index contributed by atoms with van der Waals surface area (Å²) in [5.41, 5.74) is 0. The first-order valence-corrected chi connectivity index (χ1v) is 4.93. The topological polar surface area (TPSA) is 37.4 Å². The molecule has 2 amide bonds. The molecule has 5 heteroatoms. The summed E-state index contributed by atoms with van der Waals surface area (Å²) in [6, 6.07) is 0. The molecule has 0 aromatic rings. The Labute approximate surface area is 88.0 Å². The Kier molecular flexibility index (Phi) is 6.08. The first-order valence-electron chi connectivity index (χ1n) is 4.11. The summed E-state index contributed by atoms with van der Waals surface area (Å²) in [6.45, 7) is 2.00. The van der Waals surface area contributed by atoms with Crippen LogP contribution in [0.4, 0.5) is 4.79 Å². The van der Waals surface area contributed by atoms with Crippen LogP contribution in [0.3, 0.4) is 0 Å². The summed E-state index contributed by atoms with van der Waals surface area (Å²) >= 11 is 10.9. The van der Waals surface area contributed by atoms with Gasteiger partial charge in [0.1, 0.15) is 5.38 Å². The van der Waals surface area contributed by atoms with Gasteiger partial charge in [-0.25, -0.2) is 0 Å². The van der Waals surface area contributed by atoms with Gasteiger partial charge in [-0.15, -0.1) is 11.6 Å². The third kappa shape index (κ3) is 4.48. The van der Waals surface area contributed by atoms with E-state index in [1.165, 1.54) is 7.05 Å². The molecule has 0 aliphatic rings. The Bertz CT molecular complexity index is 197. The summed E-state index contributed by atoms with van der Waals surface area (Å²) in [6.07, 6.45) is 2.41. The first kappa shape index (κ1) is 12.7. The molecule has 76 valence electrons. The van der Waals surface area contributed by atoms with Crippen molar-refractivity contribution in [1.29, 1.82) is 0 Å². The first-order chi connectivity index (χ1) is 6.00. The van der Waals surface area contributed by atoms with Crippen LogP contribution in [0, 0.1) is 0 Å². The summed E-state index contributed by atoms with van der Waals surface area (Å²) in [7, 11) is 1.32. The number of carbonyl (C=O) groups excluding carboxylic acids is 2. The summed E-state index contributed by atoms with van der Waals surface area (Å²) in [5.74, 6) is -0.435. The fraction of sp³-hybridized carbons (Fsp3) is 0.750. The number of nitrogens with zero attached hydrogens (tertiary/aromatic N) is 1. The summed E-state index contributed by atoms with van der Waals surface area (Å²) in [5, 5.41) is -1.44. The van der Waals surface area contributed by atoms with E-state index in [0.717, 1.165) is 17.7 Å². The van der Waals surface area contributed by atoms with Gasteiger partial charge in [-0.05, 0) is 18.0 Å². The van der Waals surface area contributed by atoms with Gasteiger partial charge in [0.15, 0.2) is 0 Å². The Hall–Kier alpha value is -0.280. The normalized spacial score (nSPS) is 12.3. The minimum atomic E-state index is -0.799. The van der Waals surface area contributed by atoms with Crippen molar-refractivity contribution in [1.82, 2.24) is 4.90 Å². The highest BCUT2D eigenvalue weighted by Crippen LogP contribution is 2.11. The van der Waals surface area contributed by atoms with Crippen LogP contribution in [0.25, 0.3) is 0 Å². The number of unbranched alkanes of at least 4 members (excludes halogenated alkanes) is 1. The predicted octanol–water partition coefficient (Wildman–Crippen LogP) is 2.60. The molecule has 0 aliphatic heterocycles. The molecule has 0 aromatic carbocycles. The second-order valence-electron chi connectivity index (χ2n) is 2.76. The molecule has 0 N–H and O–H groups in total. The van der Waals surface area contributed by atoms with E-state index in [-0.39, 0.29) is 0 Å². The zero-order valence-corrected chi connectivity index (χ0v) is 9.23. The van der Waals surface area contributed by atoms with Gasteiger partial charge in [-0.3, -0.25) is 14.5 Å². The van der Waals surface area contributed by atoms with E-state index < -0.39 is 16.7 Å². The molecule has 3 nitrogen and oxygen atoms in total. The Morgan fingerprint density at radius 3 is 2.38 bits per heavy atom. The van der Waals surface area contributed by atoms with E-state index in [2.05, 4.69) is 0 Å². The van der Waals surface area contributed by atoms with Crippen LogP contribution in [0.15, 0.2) is 0 Å². The van der Waals surface area contributed by atoms with Crippen molar-refractivity contribution in [2.75, 3.05) is 7.05 Å². The SMILES string of the molecule is CCCCC(Cl)C(=O)N(C)C(=O)Cl. The van der Waals surface area contributed by atoms with Crippen molar-refractivity contribution in [3.8, 4) is 0 Å². The number of hydrogen-bond donors (Lipinski definition) is 0. The van der Waals surface area contributed by atoms with Gasteiger partial charge in [0.2, 0.25) is 5.91 Å². The highest BCUT2D eigenvalue weighted by Gasteiger charge is 2.22. The van der Waals surface area contributed by atoms with E-state index in [4.69, 9.17) is 23.2 Å². The number of hydrogen-bond acceptors (Lipinski definition) is 2. The van der Waals surface area contributed by atoms with Crippen molar-refractivity contribution < 1.29 is 9.59 Å². The van der Waals surface area contributed by atoms with Crippen molar-refractivity contribution in [2.24, 2.45) is 0 Å². The highest BCUT2D eigenvalue weighted by molar-refractivity contribution is 6.64. The van der Waals surface area contributed by atoms with Crippen LogP contribution >= 0.6 is 23.2 Å². The fourth-order valence-corrected chi connectivity index (χ4v) is 1.19. The lowest BCUT2D eigenvalue weighted by Crippen LogP contribution is -2.35. The average molecular weight is 226 g/mol. The van der Waals surface area contributed by atoms with Gasteiger partial charge in [0.05, 0.1) is 0 Å². The molecule has 0 spiro atoms. The number of rotatable bonds is 4. The third-order valence-electron chi connectivity index (χ3n) is 1.67. The molecule has 13 heavy (non-hydrogen) atoms. The summed E-state index contributed by atoms with van der Waals surface area (Å²) < 4.78 is 0. The maximum atomic E-state index is 11.3. The number of halogens is 2. The van der Waals surface area contributed by atoms with E-state index in [1.54, 1.807) is 0 Å². The van der Waals surface area contributed by atoms with E-state index in [1.807, 2.05) is 6.92 Å². The largest absolute Gasteiger partial charge is 0.322 e. The van der Waals surface area contributed by atoms with Crippen LogP contribution < -0.4 is 0 Å².